The summed E-state index contributed by atoms with van der Waals surface area (Å²) in [5.74, 6) is -0.464. The SMILES string of the molecule is CCc1cc2c(c(OCCO)c1)S(=O)c1ccc(C(=O)O)cc1C2. The van der Waals surface area contributed by atoms with Gasteiger partial charge in [-0.05, 0) is 47.4 Å². The average molecular weight is 346 g/mol. The number of aromatic carboxylic acids is 1. The number of carbonyl (C=O) groups is 1. The van der Waals surface area contributed by atoms with Gasteiger partial charge in [0.1, 0.15) is 12.4 Å². The van der Waals surface area contributed by atoms with E-state index in [-0.39, 0.29) is 18.8 Å². The number of carboxylic acid groups (broad SMARTS) is 1. The number of hydrogen-bond donors (Lipinski definition) is 2. The Labute approximate surface area is 142 Å². The van der Waals surface area contributed by atoms with E-state index in [0.29, 0.717) is 22.0 Å². The summed E-state index contributed by atoms with van der Waals surface area (Å²) >= 11 is 0. The lowest BCUT2D eigenvalue weighted by Crippen LogP contribution is -2.14. The maximum atomic E-state index is 13.0. The first kappa shape index (κ1) is 16.7. The average Bonchev–Trinajstić information content (AvgIpc) is 2.58. The Morgan fingerprint density at radius 2 is 2.04 bits per heavy atom. The Kier molecular flexibility index (Phi) is 4.69. The van der Waals surface area contributed by atoms with Crippen molar-refractivity contribution in [1.82, 2.24) is 0 Å². The van der Waals surface area contributed by atoms with Crippen molar-refractivity contribution in [3.8, 4) is 5.75 Å². The van der Waals surface area contributed by atoms with Crippen molar-refractivity contribution in [3.63, 3.8) is 0 Å². The smallest absolute Gasteiger partial charge is 0.335 e. The van der Waals surface area contributed by atoms with Gasteiger partial charge < -0.3 is 14.9 Å². The van der Waals surface area contributed by atoms with Crippen molar-refractivity contribution < 1.29 is 24.0 Å². The van der Waals surface area contributed by atoms with Crippen molar-refractivity contribution >= 4 is 16.8 Å². The van der Waals surface area contributed by atoms with E-state index in [9.17, 15) is 9.00 Å². The largest absolute Gasteiger partial charge is 0.490 e. The third kappa shape index (κ3) is 2.95. The van der Waals surface area contributed by atoms with Crippen molar-refractivity contribution in [3.05, 3.63) is 52.6 Å². The van der Waals surface area contributed by atoms with E-state index >= 15 is 0 Å². The number of hydrogen-bond acceptors (Lipinski definition) is 4. The van der Waals surface area contributed by atoms with Crippen molar-refractivity contribution in [1.29, 1.82) is 0 Å². The molecule has 0 saturated heterocycles. The minimum absolute atomic E-state index is 0.115. The fraction of sp³-hybridized carbons (Fsp3) is 0.278. The summed E-state index contributed by atoms with van der Waals surface area (Å²) < 4.78 is 18.6. The van der Waals surface area contributed by atoms with Crippen LogP contribution in [0.5, 0.6) is 5.75 Å². The maximum Gasteiger partial charge on any atom is 0.335 e. The highest BCUT2D eigenvalue weighted by atomic mass is 32.2. The molecule has 24 heavy (non-hydrogen) atoms. The zero-order valence-electron chi connectivity index (χ0n) is 13.2. The number of carboxylic acids is 1. The number of aliphatic hydroxyl groups excluding tert-OH is 1. The fourth-order valence-electron chi connectivity index (χ4n) is 2.88. The molecule has 5 nitrogen and oxygen atoms in total. The minimum Gasteiger partial charge on any atom is -0.490 e. The predicted molar refractivity (Wildman–Crippen MR) is 89.3 cm³/mol. The quantitative estimate of drug-likeness (QED) is 0.741. The number of fused-ring (bicyclic) bond motifs is 2. The second-order valence-corrected chi connectivity index (χ2v) is 6.97. The van der Waals surface area contributed by atoms with Crippen molar-refractivity contribution in [2.75, 3.05) is 13.2 Å². The van der Waals surface area contributed by atoms with E-state index in [1.807, 2.05) is 19.1 Å². The van der Waals surface area contributed by atoms with Gasteiger partial charge in [0, 0.05) is 11.3 Å². The molecule has 0 amide bonds. The van der Waals surface area contributed by atoms with Crippen LogP contribution in [0.4, 0.5) is 0 Å². The fourth-order valence-corrected chi connectivity index (χ4v) is 4.33. The van der Waals surface area contributed by atoms with Crippen LogP contribution >= 0.6 is 0 Å². The van der Waals surface area contributed by atoms with Gasteiger partial charge in [-0.1, -0.05) is 13.0 Å². The normalized spacial score (nSPS) is 15.5. The van der Waals surface area contributed by atoms with Crippen LogP contribution in [0.3, 0.4) is 0 Å². The van der Waals surface area contributed by atoms with Crippen LogP contribution in [0, 0.1) is 0 Å². The van der Waals surface area contributed by atoms with Crippen LogP contribution in [0.2, 0.25) is 0 Å². The highest BCUT2D eigenvalue weighted by Gasteiger charge is 2.27. The van der Waals surface area contributed by atoms with E-state index in [2.05, 4.69) is 0 Å². The van der Waals surface area contributed by atoms with Gasteiger partial charge in [-0.3, -0.25) is 0 Å². The molecule has 3 rings (SSSR count). The molecule has 1 heterocycles. The predicted octanol–water partition coefficient (Wildman–Crippen LogP) is 2.39. The summed E-state index contributed by atoms with van der Waals surface area (Å²) in [5.41, 5.74) is 2.90. The van der Waals surface area contributed by atoms with E-state index < -0.39 is 16.8 Å². The van der Waals surface area contributed by atoms with E-state index in [1.165, 1.54) is 6.07 Å². The van der Waals surface area contributed by atoms with Crippen LogP contribution in [0.15, 0.2) is 40.1 Å². The van der Waals surface area contributed by atoms with E-state index in [1.54, 1.807) is 12.1 Å². The van der Waals surface area contributed by atoms with Gasteiger partial charge in [-0.15, -0.1) is 0 Å². The van der Waals surface area contributed by atoms with E-state index in [0.717, 1.165) is 23.1 Å². The summed E-state index contributed by atoms with van der Waals surface area (Å²) in [6.45, 7) is 2.05. The molecule has 0 spiro atoms. The van der Waals surface area contributed by atoms with Crippen molar-refractivity contribution in [2.45, 2.75) is 29.6 Å². The van der Waals surface area contributed by atoms with Crippen LogP contribution in [-0.2, 0) is 23.6 Å². The van der Waals surface area contributed by atoms with Crippen molar-refractivity contribution in [2.24, 2.45) is 0 Å². The number of aliphatic hydroxyl groups is 1. The highest BCUT2D eigenvalue weighted by molar-refractivity contribution is 7.85. The van der Waals surface area contributed by atoms with Gasteiger partial charge >= 0.3 is 5.97 Å². The summed E-state index contributed by atoms with van der Waals surface area (Å²) in [6.07, 6.45) is 1.32. The molecule has 2 N–H and O–H groups in total. The van der Waals surface area contributed by atoms with Gasteiger partial charge in [0.05, 0.1) is 27.9 Å². The molecular formula is C18H18O5S. The molecule has 0 aliphatic carbocycles. The van der Waals surface area contributed by atoms with Crippen LogP contribution < -0.4 is 4.74 Å². The Hall–Kier alpha value is -2.18. The molecule has 0 saturated carbocycles. The zero-order valence-corrected chi connectivity index (χ0v) is 14.1. The molecule has 0 radical (unpaired) electrons. The molecule has 0 aromatic heterocycles. The van der Waals surface area contributed by atoms with Gasteiger partial charge in [-0.25, -0.2) is 9.00 Å². The molecule has 0 bridgehead atoms. The third-order valence-electron chi connectivity index (χ3n) is 4.02. The molecular weight excluding hydrogens is 328 g/mol. The van der Waals surface area contributed by atoms with Gasteiger partial charge in [0.25, 0.3) is 0 Å². The Balaban J connectivity index is 2.11. The lowest BCUT2D eigenvalue weighted by atomic mass is 9.99. The number of rotatable bonds is 5. The standard InChI is InChI=1S/C18H18O5S/c1-2-11-7-14-10-13-9-12(18(20)21)3-4-16(13)24(22)17(14)15(8-11)23-6-5-19/h3-4,7-9,19H,2,5-6,10H2,1H3,(H,20,21). The summed E-state index contributed by atoms with van der Waals surface area (Å²) in [4.78, 5) is 12.4. The first-order valence-corrected chi connectivity index (χ1v) is 8.87. The van der Waals surface area contributed by atoms with Crippen LogP contribution in [-0.4, -0.2) is 33.6 Å². The van der Waals surface area contributed by atoms with E-state index in [4.69, 9.17) is 14.9 Å². The Bertz CT molecular complexity index is 828. The molecule has 1 atom stereocenters. The molecule has 1 aliphatic heterocycles. The first-order chi connectivity index (χ1) is 11.5. The number of ether oxygens (including phenoxy) is 1. The summed E-state index contributed by atoms with van der Waals surface area (Å²) in [7, 11) is -1.44. The summed E-state index contributed by atoms with van der Waals surface area (Å²) in [5, 5.41) is 18.2. The molecule has 126 valence electrons. The Morgan fingerprint density at radius 1 is 1.25 bits per heavy atom. The van der Waals surface area contributed by atoms with Crippen LogP contribution in [0.25, 0.3) is 0 Å². The van der Waals surface area contributed by atoms with Gasteiger partial charge in [-0.2, -0.15) is 0 Å². The monoisotopic (exact) mass is 346 g/mol. The molecule has 1 unspecified atom stereocenters. The molecule has 2 aromatic carbocycles. The summed E-state index contributed by atoms with van der Waals surface area (Å²) in [6, 6.07) is 8.53. The minimum atomic E-state index is -1.44. The topological polar surface area (TPSA) is 83.8 Å². The highest BCUT2D eigenvalue weighted by Crippen LogP contribution is 2.38. The first-order valence-electron chi connectivity index (χ1n) is 7.72. The molecule has 2 aromatic rings. The van der Waals surface area contributed by atoms with Gasteiger partial charge in [0.2, 0.25) is 0 Å². The number of benzene rings is 2. The molecule has 6 heteroatoms. The third-order valence-corrected chi connectivity index (χ3v) is 5.65. The molecule has 0 fully saturated rings. The zero-order chi connectivity index (χ0) is 17.3. The lowest BCUT2D eigenvalue weighted by Gasteiger charge is -2.23. The maximum absolute atomic E-state index is 13.0. The second-order valence-electron chi connectivity index (χ2n) is 5.58. The number of aryl methyl sites for hydroxylation is 1. The van der Waals surface area contributed by atoms with Crippen LogP contribution in [0.1, 0.15) is 34.0 Å². The second kappa shape index (κ2) is 6.75. The van der Waals surface area contributed by atoms with Gasteiger partial charge in [0.15, 0.2) is 0 Å². The molecule has 1 aliphatic rings. The lowest BCUT2D eigenvalue weighted by molar-refractivity contribution is 0.0696. The Morgan fingerprint density at radius 3 is 2.71 bits per heavy atom.